The number of carbonyl (C=O) groups excluding carboxylic acids is 1. The average Bonchev–Trinajstić information content (AvgIpc) is 2.91. The summed E-state index contributed by atoms with van der Waals surface area (Å²) in [6.45, 7) is 0.353. The standard InChI is InChI=1S/C16H18N2O3/c17-13-6-5-11(7-13)15(19)18-9-12-4-2-1-3-10(12)8-14(18)16(20)21/h1-6,11,13-14H,7-9,17H2,(H,20,21). The van der Waals surface area contributed by atoms with Crippen LogP contribution in [0.5, 0.6) is 0 Å². The molecule has 0 saturated carbocycles. The zero-order chi connectivity index (χ0) is 15.0. The molecule has 5 nitrogen and oxygen atoms in total. The van der Waals surface area contributed by atoms with Crippen LogP contribution in [0.25, 0.3) is 0 Å². The van der Waals surface area contributed by atoms with Crippen molar-refractivity contribution < 1.29 is 14.7 Å². The van der Waals surface area contributed by atoms with Gasteiger partial charge in [-0.3, -0.25) is 4.79 Å². The Labute approximate surface area is 123 Å². The van der Waals surface area contributed by atoms with E-state index < -0.39 is 12.0 Å². The normalized spacial score (nSPS) is 27.5. The van der Waals surface area contributed by atoms with E-state index in [4.69, 9.17) is 5.73 Å². The molecule has 1 aromatic rings. The van der Waals surface area contributed by atoms with E-state index in [-0.39, 0.29) is 17.9 Å². The number of rotatable bonds is 2. The summed E-state index contributed by atoms with van der Waals surface area (Å²) in [6, 6.07) is 6.78. The third-order valence-electron chi connectivity index (χ3n) is 4.25. The number of benzene rings is 1. The maximum absolute atomic E-state index is 12.6. The molecule has 0 bridgehead atoms. The van der Waals surface area contributed by atoms with Crippen LogP contribution < -0.4 is 5.73 Å². The molecule has 110 valence electrons. The first-order chi connectivity index (χ1) is 10.1. The molecule has 0 aromatic heterocycles. The predicted molar refractivity (Wildman–Crippen MR) is 77.3 cm³/mol. The Bertz CT molecular complexity index is 611. The summed E-state index contributed by atoms with van der Waals surface area (Å²) in [6.07, 6.45) is 4.53. The van der Waals surface area contributed by atoms with E-state index in [9.17, 15) is 14.7 Å². The number of carbonyl (C=O) groups is 2. The molecule has 2 aliphatic rings. The van der Waals surface area contributed by atoms with Gasteiger partial charge in [-0.05, 0) is 17.5 Å². The second-order valence-corrected chi connectivity index (χ2v) is 5.68. The smallest absolute Gasteiger partial charge is 0.326 e. The molecular formula is C16H18N2O3. The number of amides is 1. The summed E-state index contributed by atoms with van der Waals surface area (Å²) >= 11 is 0. The maximum atomic E-state index is 12.6. The number of carboxylic acids is 1. The Morgan fingerprint density at radius 3 is 2.52 bits per heavy atom. The maximum Gasteiger partial charge on any atom is 0.326 e. The minimum Gasteiger partial charge on any atom is -0.480 e. The minimum atomic E-state index is -0.955. The molecule has 3 atom stereocenters. The van der Waals surface area contributed by atoms with Crippen LogP contribution in [0.1, 0.15) is 17.5 Å². The molecular weight excluding hydrogens is 268 g/mol. The lowest BCUT2D eigenvalue weighted by Gasteiger charge is -2.35. The topological polar surface area (TPSA) is 83.6 Å². The summed E-state index contributed by atoms with van der Waals surface area (Å²) < 4.78 is 0. The number of nitrogens with two attached hydrogens (primary N) is 1. The summed E-state index contributed by atoms with van der Waals surface area (Å²) in [5.74, 6) is -1.39. The van der Waals surface area contributed by atoms with Gasteiger partial charge in [0.05, 0.1) is 5.92 Å². The molecule has 5 heteroatoms. The quantitative estimate of drug-likeness (QED) is 0.792. The van der Waals surface area contributed by atoms with E-state index in [1.54, 1.807) is 6.08 Å². The van der Waals surface area contributed by atoms with Gasteiger partial charge in [-0.1, -0.05) is 36.4 Å². The van der Waals surface area contributed by atoms with Crippen molar-refractivity contribution in [3.05, 3.63) is 47.5 Å². The van der Waals surface area contributed by atoms with Gasteiger partial charge in [0.2, 0.25) is 5.91 Å². The Kier molecular flexibility index (Phi) is 3.51. The van der Waals surface area contributed by atoms with Gasteiger partial charge in [-0.15, -0.1) is 0 Å². The number of carboxylic acid groups (broad SMARTS) is 1. The van der Waals surface area contributed by atoms with Crippen molar-refractivity contribution in [2.45, 2.75) is 31.5 Å². The van der Waals surface area contributed by atoms with Gasteiger partial charge >= 0.3 is 5.97 Å². The highest BCUT2D eigenvalue weighted by Gasteiger charge is 2.37. The van der Waals surface area contributed by atoms with Crippen LogP contribution in [-0.4, -0.2) is 34.0 Å². The monoisotopic (exact) mass is 286 g/mol. The molecule has 3 unspecified atom stereocenters. The lowest BCUT2D eigenvalue weighted by molar-refractivity contribution is -0.152. The van der Waals surface area contributed by atoms with Crippen molar-refractivity contribution in [2.24, 2.45) is 11.7 Å². The third-order valence-corrected chi connectivity index (χ3v) is 4.25. The van der Waals surface area contributed by atoms with E-state index in [2.05, 4.69) is 0 Å². The Hall–Kier alpha value is -2.14. The summed E-state index contributed by atoms with van der Waals surface area (Å²) in [7, 11) is 0. The fraction of sp³-hybridized carbons (Fsp3) is 0.375. The van der Waals surface area contributed by atoms with E-state index in [1.807, 2.05) is 30.3 Å². The van der Waals surface area contributed by atoms with Crippen molar-refractivity contribution >= 4 is 11.9 Å². The minimum absolute atomic E-state index is 0.112. The van der Waals surface area contributed by atoms with Crippen molar-refractivity contribution in [2.75, 3.05) is 0 Å². The number of fused-ring (bicyclic) bond motifs is 1. The number of nitrogens with zero attached hydrogens (tertiary/aromatic N) is 1. The molecule has 3 N–H and O–H groups in total. The van der Waals surface area contributed by atoms with Gasteiger partial charge in [0.25, 0.3) is 0 Å². The number of aliphatic carboxylic acids is 1. The van der Waals surface area contributed by atoms with Crippen LogP contribution in [-0.2, 0) is 22.6 Å². The Morgan fingerprint density at radius 1 is 1.19 bits per heavy atom. The number of hydrogen-bond acceptors (Lipinski definition) is 3. The lowest BCUT2D eigenvalue weighted by atomic mass is 9.92. The zero-order valence-electron chi connectivity index (χ0n) is 11.6. The first-order valence-electron chi connectivity index (χ1n) is 7.10. The highest BCUT2D eigenvalue weighted by molar-refractivity contribution is 5.87. The average molecular weight is 286 g/mol. The zero-order valence-corrected chi connectivity index (χ0v) is 11.6. The van der Waals surface area contributed by atoms with Crippen LogP contribution in [0.2, 0.25) is 0 Å². The molecule has 1 amide bonds. The SMILES string of the molecule is NC1C=CC(C(=O)N2Cc3ccccc3CC2C(=O)O)C1. The molecule has 1 heterocycles. The summed E-state index contributed by atoms with van der Waals surface area (Å²) in [4.78, 5) is 25.6. The molecule has 1 aliphatic carbocycles. The van der Waals surface area contributed by atoms with Crippen LogP contribution in [0.3, 0.4) is 0 Å². The van der Waals surface area contributed by atoms with Gasteiger partial charge in [0.1, 0.15) is 6.04 Å². The van der Waals surface area contributed by atoms with Crippen molar-refractivity contribution in [1.82, 2.24) is 4.90 Å². The molecule has 0 spiro atoms. The van der Waals surface area contributed by atoms with Crippen LogP contribution in [0, 0.1) is 5.92 Å². The van der Waals surface area contributed by atoms with E-state index >= 15 is 0 Å². The number of hydrogen-bond donors (Lipinski definition) is 2. The molecule has 3 rings (SSSR count). The summed E-state index contributed by atoms with van der Waals surface area (Å²) in [5.41, 5.74) is 7.82. The summed E-state index contributed by atoms with van der Waals surface area (Å²) in [5, 5.41) is 9.44. The lowest BCUT2D eigenvalue weighted by Crippen LogP contribution is -2.50. The van der Waals surface area contributed by atoms with Crippen molar-refractivity contribution in [1.29, 1.82) is 0 Å². The second kappa shape index (κ2) is 5.33. The fourth-order valence-corrected chi connectivity index (χ4v) is 3.10. The highest BCUT2D eigenvalue weighted by atomic mass is 16.4. The Balaban J connectivity index is 1.87. The van der Waals surface area contributed by atoms with Crippen molar-refractivity contribution in [3.8, 4) is 0 Å². The predicted octanol–water partition coefficient (Wildman–Crippen LogP) is 0.928. The van der Waals surface area contributed by atoms with E-state index in [0.717, 1.165) is 11.1 Å². The molecule has 1 aromatic carbocycles. The van der Waals surface area contributed by atoms with Crippen LogP contribution in [0.15, 0.2) is 36.4 Å². The van der Waals surface area contributed by atoms with Gasteiger partial charge in [0.15, 0.2) is 0 Å². The largest absolute Gasteiger partial charge is 0.480 e. The fourth-order valence-electron chi connectivity index (χ4n) is 3.10. The molecule has 0 radical (unpaired) electrons. The van der Waals surface area contributed by atoms with Crippen LogP contribution >= 0.6 is 0 Å². The van der Waals surface area contributed by atoms with E-state index in [1.165, 1.54) is 4.90 Å². The first kappa shape index (κ1) is 13.8. The molecule has 0 fully saturated rings. The first-order valence-corrected chi connectivity index (χ1v) is 7.10. The third kappa shape index (κ3) is 2.56. The highest BCUT2D eigenvalue weighted by Crippen LogP contribution is 2.27. The van der Waals surface area contributed by atoms with Gasteiger partial charge < -0.3 is 15.7 Å². The molecule has 21 heavy (non-hydrogen) atoms. The van der Waals surface area contributed by atoms with Crippen molar-refractivity contribution in [3.63, 3.8) is 0 Å². The molecule has 1 aliphatic heterocycles. The Morgan fingerprint density at radius 2 is 1.90 bits per heavy atom. The van der Waals surface area contributed by atoms with Crippen LogP contribution in [0.4, 0.5) is 0 Å². The van der Waals surface area contributed by atoms with Gasteiger partial charge in [-0.2, -0.15) is 0 Å². The second-order valence-electron chi connectivity index (χ2n) is 5.68. The van der Waals surface area contributed by atoms with Gasteiger partial charge in [-0.25, -0.2) is 4.79 Å². The van der Waals surface area contributed by atoms with E-state index in [0.29, 0.717) is 19.4 Å². The van der Waals surface area contributed by atoms with Gasteiger partial charge in [0, 0.05) is 19.0 Å². The molecule has 0 saturated heterocycles.